The van der Waals surface area contributed by atoms with E-state index in [0.29, 0.717) is 0 Å². The van der Waals surface area contributed by atoms with E-state index < -0.39 is 0 Å². The van der Waals surface area contributed by atoms with Gasteiger partial charge >= 0.3 is 0 Å². The first-order chi connectivity index (χ1) is 6.71. The van der Waals surface area contributed by atoms with E-state index in [0.717, 1.165) is 16.7 Å². The molecule has 0 aromatic rings. The maximum atomic E-state index is 3.78. The summed E-state index contributed by atoms with van der Waals surface area (Å²) in [5.41, 5.74) is 3.34. The molecule has 0 nitrogen and oxygen atoms in total. The summed E-state index contributed by atoms with van der Waals surface area (Å²) in [4.78, 5) is 0. The fraction of sp³-hybridized carbons (Fsp3) is 0.143. The fourth-order valence-corrected chi connectivity index (χ4v) is 1.13. The van der Waals surface area contributed by atoms with Crippen molar-refractivity contribution in [3.8, 4) is 0 Å². The van der Waals surface area contributed by atoms with Crippen LogP contribution in [0.2, 0.25) is 0 Å². The van der Waals surface area contributed by atoms with Crippen LogP contribution in [0.5, 0.6) is 0 Å². The van der Waals surface area contributed by atoms with Crippen LogP contribution in [0, 0.1) is 0 Å². The van der Waals surface area contributed by atoms with Crippen molar-refractivity contribution < 1.29 is 0 Å². The van der Waals surface area contributed by atoms with Gasteiger partial charge in [0.2, 0.25) is 0 Å². The highest BCUT2D eigenvalue weighted by Gasteiger charge is 1.99. The molecule has 0 aliphatic rings. The van der Waals surface area contributed by atoms with E-state index >= 15 is 0 Å². The highest BCUT2D eigenvalue weighted by atomic mass is 14.0. The molecule has 0 unspecified atom stereocenters. The molecule has 0 aliphatic heterocycles. The van der Waals surface area contributed by atoms with Crippen molar-refractivity contribution in [2.45, 2.75) is 13.8 Å². The van der Waals surface area contributed by atoms with Crippen molar-refractivity contribution in [3.05, 3.63) is 72.9 Å². The Kier molecular flexibility index (Phi) is 6.13. The third-order valence-corrected chi connectivity index (χ3v) is 1.89. The Morgan fingerprint density at radius 3 is 2.07 bits per heavy atom. The van der Waals surface area contributed by atoms with Crippen LogP contribution in [0.1, 0.15) is 13.8 Å². The van der Waals surface area contributed by atoms with Gasteiger partial charge in [-0.05, 0) is 30.6 Å². The van der Waals surface area contributed by atoms with Crippen LogP contribution in [0.15, 0.2) is 72.9 Å². The molecule has 0 heterocycles. The summed E-state index contributed by atoms with van der Waals surface area (Å²) in [7, 11) is 0. The Hall–Kier alpha value is -1.56. The monoisotopic (exact) mass is 186 g/mol. The molecule has 0 saturated carbocycles. The molecule has 0 N–H and O–H groups in total. The number of hydrogen-bond donors (Lipinski definition) is 0. The van der Waals surface area contributed by atoms with Gasteiger partial charge in [-0.3, -0.25) is 0 Å². The van der Waals surface area contributed by atoms with E-state index in [1.165, 1.54) is 0 Å². The summed E-state index contributed by atoms with van der Waals surface area (Å²) >= 11 is 0. The van der Waals surface area contributed by atoms with Crippen molar-refractivity contribution in [1.29, 1.82) is 0 Å². The quantitative estimate of drug-likeness (QED) is 0.559. The zero-order chi connectivity index (χ0) is 11.0. The van der Waals surface area contributed by atoms with Gasteiger partial charge < -0.3 is 0 Å². The molecule has 0 bridgehead atoms. The SMILES string of the molecule is C=C/C=C(C=C)/C(/C=C\C)=C(\C)C=C. The summed E-state index contributed by atoms with van der Waals surface area (Å²) in [5, 5.41) is 0. The van der Waals surface area contributed by atoms with E-state index in [4.69, 9.17) is 0 Å². The van der Waals surface area contributed by atoms with Gasteiger partial charge in [-0.25, -0.2) is 0 Å². The van der Waals surface area contributed by atoms with Crippen molar-refractivity contribution in [1.82, 2.24) is 0 Å². The van der Waals surface area contributed by atoms with Gasteiger partial charge in [-0.2, -0.15) is 0 Å². The molecule has 0 rings (SSSR count). The van der Waals surface area contributed by atoms with Gasteiger partial charge in [-0.15, -0.1) is 0 Å². The van der Waals surface area contributed by atoms with E-state index in [9.17, 15) is 0 Å². The summed E-state index contributed by atoms with van der Waals surface area (Å²) in [5.74, 6) is 0. The first kappa shape index (κ1) is 12.4. The molecule has 0 heteroatoms. The molecular weight excluding hydrogens is 168 g/mol. The van der Waals surface area contributed by atoms with Gasteiger partial charge in [0.15, 0.2) is 0 Å². The number of hydrogen-bond acceptors (Lipinski definition) is 0. The average Bonchev–Trinajstić information content (AvgIpc) is 2.22. The molecule has 0 aliphatic carbocycles. The van der Waals surface area contributed by atoms with Gasteiger partial charge in [-0.1, -0.05) is 56.2 Å². The second-order valence-corrected chi connectivity index (χ2v) is 2.86. The highest BCUT2D eigenvalue weighted by Crippen LogP contribution is 2.18. The fourth-order valence-electron chi connectivity index (χ4n) is 1.13. The predicted octanol–water partition coefficient (Wildman–Crippen LogP) is 4.36. The summed E-state index contributed by atoms with van der Waals surface area (Å²) in [6.07, 6.45) is 11.4. The van der Waals surface area contributed by atoms with Crippen molar-refractivity contribution in [3.63, 3.8) is 0 Å². The lowest BCUT2D eigenvalue weighted by Crippen LogP contribution is -1.86. The first-order valence-electron chi connectivity index (χ1n) is 4.62. The normalized spacial score (nSPS) is 13.7. The third-order valence-electron chi connectivity index (χ3n) is 1.89. The number of allylic oxidation sites excluding steroid dienone is 9. The molecule has 0 spiro atoms. The average molecular weight is 186 g/mol. The Morgan fingerprint density at radius 2 is 1.71 bits per heavy atom. The zero-order valence-corrected chi connectivity index (χ0v) is 9.09. The maximum Gasteiger partial charge on any atom is -0.0158 e. The van der Waals surface area contributed by atoms with Gasteiger partial charge in [0.25, 0.3) is 0 Å². The molecule has 74 valence electrons. The van der Waals surface area contributed by atoms with Crippen LogP contribution < -0.4 is 0 Å². The molecule has 14 heavy (non-hydrogen) atoms. The zero-order valence-electron chi connectivity index (χ0n) is 9.09. The molecule has 0 atom stereocenters. The van der Waals surface area contributed by atoms with Crippen LogP contribution in [0.25, 0.3) is 0 Å². The minimum atomic E-state index is 1.07. The Bertz CT molecular complexity index is 309. The second-order valence-electron chi connectivity index (χ2n) is 2.86. The first-order valence-corrected chi connectivity index (χ1v) is 4.62. The van der Waals surface area contributed by atoms with Gasteiger partial charge in [0.1, 0.15) is 0 Å². The van der Waals surface area contributed by atoms with Gasteiger partial charge in [0.05, 0.1) is 0 Å². The molecule has 0 aromatic carbocycles. The van der Waals surface area contributed by atoms with E-state index in [1.807, 2.05) is 44.2 Å². The third kappa shape index (κ3) is 3.44. The predicted molar refractivity (Wildman–Crippen MR) is 66.2 cm³/mol. The minimum absolute atomic E-state index is 1.07. The molecule has 0 fully saturated rings. The van der Waals surface area contributed by atoms with Crippen LogP contribution in [0.3, 0.4) is 0 Å². The highest BCUT2D eigenvalue weighted by molar-refractivity contribution is 5.51. The van der Waals surface area contributed by atoms with E-state index in [-0.39, 0.29) is 0 Å². The van der Waals surface area contributed by atoms with E-state index in [2.05, 4.69) is 19.7 Å². The number of rotatable bonds is 5. The topological polar surface area (TPSA) is 0 Å². The van der Waals surface area contributed by atoms with Crippen molar-refractivity contribution in [2.75, 3.05) is 0 Å². The van der Waals surface area contributed by atoms with Crippen LogP contribution >= 0.6 is 0 Å². The second kappa shape index (κ2) is 6.90. The Labute approximate surface area is 87.3 Å². The summed E-state index contributed by atoms with van der Waals surface area (Å²) in [6, 6.07) is 0. The molecule has 0 aromatic heterocycles. The Balaban J connectivity index is 5.40. The maximum absolute atomic E-state index is 3.78. The van der Waals surface area contributed by atoms with E-state index in [1.54, 1.807) is 6.08 Å². The molecule has 0 saturated heterocycles. The van der Waals surface area contributed by atoms with Crippen LogP contribution in [-0.4, -0.2) is 0 Å². The minimum Gasteiger partial charge on any atom is -0.0990 e. The lowest BCUT2D eigenvalue weighted by Gasteiger charge is -2.05. The molecule has 0 radical (unpaired) electrons. The van der Waals surface area contributed by atoms with Gasteiger partial charge in [0, 0.05) is 0 Å². The van der Waals surface area contributed by atoms with Crippen LogP contribution in [0.4, 0.5) is 0 Å². The lowest BCUT2D eigenvalue weighted by molar-refractivity contribution is 1.40. The van der Waals surface area contributed by atoms with Crippen molar-refractivity contribution in [2.24, 2.45) is 0 Å². The largest absolute Gasteiger partial charge is 0.0990 e. The van der Waals surface area contributed by atoms with Crippen LogP contribution in [-0.2, 0) is 0 Å². The summed E-state index contributed by atoms with van der Waals surface area (Å²) in [6.45, 7) is 15.2. The standard InChI is InChI=1S/C14H18/c1-6-10-13(9-4)14(11-7-2)12(5)8-3/h6-11H,1,3-4H2,2,5H3/b11-7-,13-10+,14-12+. The Morgan fingerprint density at radius 1 is 1.07 bits per heavy atom. The van der Waals surface area contributed by atoms with Crippen molar-refractivity contribution >= 4 is 0 Å². The molecular formula is C14H18. The summed E-state index contributed by atoms with van der Waals surface area (Å²) < 4.78 is 0. The lowest BCUT2D eigenvalue weighted by atomic mass is 9.99. The molecule has 0 amide bonds. The smallest absolute Gasteiger partial charge is 0.0158 e.